The number of sulfone groups is 1. The van der Waals surface area contributed by atoms with Crippen molar-refractivity contribution in [1.29, 1.82) is 0 Å². The topological polar surface area (TPSA) is 79.7 Å². The van der Waals surface area contributed by atoms with Gasteiger partial charge < -0.3 is 14.2 Å². The third-order valence-corrected chi connectivity index (χ3v) is 7.05. The second kappa shape index (κ2) is 9.13. The van der Waals surface area contributed by atoms with Crippen LogP contribution in [-0.4, -0.2) is 54.9 Å². The Kier molecular flexibility index (Phi) is 6.63. The number of nitrogens with zero attached hydrogens (tertiary/aromatic N) is 2. The first-order valence-corrected chi connectivity index (χ1v) is 13.1. The van der Waals surface area contributed by atoms with Crippen LogP contribution in [-0.2, 0) is 21.6 Å². The normalized spacial score (nSPS) is 22.8. The fraction of sp³-hybridized carbons (Fsp3) is 0.682. The van der Waals surface area contributed by atoms with Crippen molar-refractivity contribution in [2.45, 2.75) is 63.8 Å². The number of benzene rings is 1. The van der Waals surface area contributed by atoms with Gasteiger partial charge in [0.25, 0.3) is 6.01 Å². The molecule has 0 amide bonds. The number of hydrogen-bond acceptors (Lipinski definition) is 6. The molecule has 32 heavy (non-hydrogen) atoms. The Bertz CT molecular complexity index is 1080. The molecule has 2 fully saturated rings. The Hall–Kier alpha value is -1.94. The van der Waals surface area contributed by atoms with Gasteiger partial charge in [-0.1, -0.05) is 6.92 Å². The lowest BCUT2D eigenvalue weighted by Crippen LogP contribution is -2.30. The van der Waals surface area contributed by atoms with Gasteiger partial charge in [0.05, 0.1) is 24.6 Å². The molecule has 1 aromatic heterocycles. The quantitative estimate of drug-likeness (QED) is 0.553. The summed E-state index contributed by atoms with van der Waals surface area (Å²) in [5, 5.41) is 0. The molecule has 0 spiro atoms. The van der Waals surface area contributed by atoms with Crippen molar-refractivity contribution in [1.82, 2.24) is 9.55 Å². The van der Waals surface area contributed by atoms with E-state index in [0.717, 1.165) is 44.6 Å². The summed E-state index contributed by atoms with van der Waals surface area (Å²) in [6.07, 6.45) is 5.77. The highest BCUT2D eigenvalue weighted by atomic mass is 32.2. The zero-order chi connectivity index (χ0) is 23.0. The molecule has 0 radical (unpaired) electrons. The fourth-order valence-electron chi connectivity index (χ4n) is 4.15. The number of ether oxygens (including phenoxy) is 3. The summed E-state index contributed by atoms with van der Waals surface area (Å²) >= 11 is 0. The number of imidazole rings is 1. The standard InChI is InChI=1S/C22H30F2N2O5S/c1-13(12-32(3,27)28)11-29-14-4-6-16(7-5-14)31-22-25-20-17(23)10-18(30-15-8-9-15)19(24)21(20)26(22)2/h10,13-16H,4-9,11-12H2,1-3H3/t13-,14?,16?/m0/s1. The first kappa shape index (κ1) is 23.2. The first-order valence-electron chi connectivity index (χ1n) is 11.1. The van der Waals surface area contributed by atoms with E-state index in [2.05, 4.69) is 4.98 Å². The van der Waals surface area contributed by atoms with Crippen molar-refractivity contribution < 1.29 is 31.4 Å². The van der Waals surface area contributed by atoms with Crippen molar-refractivity contribution in [3.05, 3.63) is 17.7 Å². The molecule has 10 heteroatoms. The van der Waals surface area contributed by atoms with Crippen LogP contribution < -0.4 is 9.47 Å². The lowest BCUT2D eigenvalue weighted by Gasteiger charge is -2.29. The molecule has 0 bridgehead atoms. The summed E-state index contributed by atoms with van der Waals surface area (Å²) < 4.78 is 71.0. The van der Waals surface area contributed by atoms with E-state index in [0.29, 0.717) is 6.61 Å². The van der Waals surface area contributed by atoms with E-state index in [1.165, 1.54) is 10.8 Å². The number of rotatable bonds is 9. The van der Waals surface area contributed by atoms with E-state index in [1.54, 1.807) is 7.05 Å². The van der Waals surface area contributed by atoms with Crippen LogP contribution in [0.15, 0.2) is 6.07 Å². The third-order valence-electron chi connectivity index (χ3n) is 5.88. The Morgan fingerprint density at radius 2 is 1.69 bits per heavy atom. The zero-order valence-corrected chi connectivity index (χ0v) is 19.5. The summed E-state index contributed by atoms with van der Waals surface area (Å²) in [5.74, 6) is -1.30. The molecule has 178 valence electrons. The van der Waals surface area contributed by atoms with E-state index in [1.807, 2.05) is 6.92 Å². The number of halogens is 2. The highest BCUT2D eigenvalue weighted by molar-refractivity contribution is 7.90. The molecule has 7 nitrogen and oxygen atoms in total. The van der Waals surface area contributed by atoms with E-state index in [9.17, 15) is 17.2 Å². The second-order valence-corrected chi connectivity index (χ2v) is 11.4. The predicted octanol–water partition coefficient (Wildman–Crippen LogP) is 3.78. The Balaban J connectivity index is 1.36. The molecule has 0 N–H and O–H groups in total. The number of aryl methyl sites for hydroxylation is 1. The molecule has 1 aromatic carbocycles. The fourth-order valence-corrected chi connectivity index (χ4v) is 5.28. The average Bonchev–Trinajstić information content (AvgIpc) is 3.47. The second-order valence-electron chi connectivity index (χ2n) is 9.19. The Labute approximate surface area is 187 Å². The molecule has 1 atom stereocenters. The van der Waals surface area contributed by atoms with Crippen LogP contribution >= 0.6 is 0 Å². The monoisotopic (exact) mass is 472 g/mol. The van der Waals surface area contributed by atoms with Gasteiger partial charge in [0.2, 0.25) is 0 Å². The molecule has 1 heterocycles. The molecule has 2 aromatic rings. The van der Waals surface area contributed by atoms with Gasteiger partial charge in [-0.3, -0.25) is 4.57 Å². The van der Waals surface area contributed by atoms with Crippen molar-refractivity contribution in [2.75, 3.05) is 18.6 Å². The molecular weight excluding hydrogens is 442 g/mol. The third kappa shape index (κ3) is 5.51. The summed E-state index contributed by atoms with van der Waals surface area (Å²) in [6, 6.07) is 1.23. The minimum atomic E-state index is -3.02. The number of aromatic nitrogens is 2. The SMILES string of the molecule is C[C@@H](COC1CCC(Oc2nc3c(F)cc(OC4CC4)c(F)c3n2C)CC1)CS(C)(=O)=O. The summed E-state index contributed by atoms with van der Waals surface area (Å²) in [6.45, 7) is 2.26. The van der Waals surface area contributed by atoms with Crippen LogP contribution in [0.25, 0.3) is 11.0 Å². The summed E-state index contributed by atoms with van der Waals surface area (Å²) in [7, 11) is -1.41. The van der Waals surface area contributed by atoms with Crippen molar-refractivity contribution in [3.8, 4) is 11.8 Å². The van der Waals surface area contributed by atoms with Crippen LogP contribution in [0.5, 0.6) is 11.8 Å². The van der Waals surface area contributed by atoms with Gasteiger partial charge >= 0.3 is 0 Å². The number of fused-ring (bicyclic) bond motifs is 1. The number of hydrogen-bond donors (Lipinski definition) is 0. The Morgan fingerprint density at radius 3 is 2.31 bits per heavy atom. The molecule has 0 aliphatic heterocycles. The van der Waals surface area contributed by atoms with Gasteiger partial charge in [0.1, 0.15) is 27.0 Å². The van der Waals surface area contributed by atoms with Crippen LogP contribution in [0.2, 0.25) is 0 Å². The van der Waals surface area contributed by atoms with Gasteiger partial charge in [-0.25, -0.2) is 17.2 Å². The average molecular weight is 473 g/mol. The Morgan fingerprint density at radius 1 is 1.09 bits per heavy atom. The smallest absolute Gasteiger partial charge is 0.297 e. The molecule has 4 rings (SSSR count). The maximum absolute atomic E-state index is 14.9. The lowest BCUT2D eigenvalue weighted by atomic mass is 9.95. The predicted molar refractivity (Wildman–Crippen MR) is 116 cm³/mol. The van der Waals surface area contributed by atoms with Crippen LogP contribution in [0.3, 0.4) is 0 Å². The molecule has 0 unspecified atom stereocenters. The zero-order valence-electron chi connectivity index (χ0n) is 18.6. The molecule has 2 aliphatic carbocycles. The molecule has 2 aliphatic rings. The molecule has 2 saturated carbocycles. The van der Waals surface area contributed by atoms with Gasteiger partial charge in [-0.15, -0.1) is 0 Å². The minimum absolute atomic E-state index is 0.0348. The largest absolute Gasteiger partial charge is 0.487 e. The van der Waals surface area contributed by atoms with Gasteiger partial charge in [-0.2, -0.15) is 4.98 Å². The van der Waals surface area contributed by atoms with Crippen molar-refractivity contribution in [3.63, 3.8) is 0 Å². The van der Waals surface area contributed by atoms with Crippen LogP contribution in [0.1, 0.15) is 45.4 Å². The van der Waals surface area contributed by atoms with Crippen LogP contribution in [0, 0.1) is 17.6 Å². The maximum atomic E-state index is 14.9. The van der Waals surface area contributed by atoms with Gasteiger partial charge in [0, 0.05) is 19.4 Å². The highest BCUT2D eigenvalue weighted by Gasteiger charge is 2.29. The van der Waals surface area contributed by atoms with Crippen molar-refractivity contribution >= 4 is 20.9 Å². The van der Waals surface area contributed by atoms with Gasteiger partial charge in [-0.05, 0) is 44.4 Å². The molecular formula is C22H30F2N2O5S. The maximum Gasteiger partial charge on any atom is 0.297 e. The minimum Gasteiger partial charge on any atom is -0.487 e. The highest BCUT2D eigenvalue weighted by Crippen LogP contribution is 2.35. The summed E-state index contributed by atoms with van der Waals surface area (Å²) in [5.41, 5.74) is -0.0347. The summed E-state index contributed by atoms with van der Waals surface area (Å²) in [4.78, 5) is 4.20. The van der Waals surface area contributed by atoms with Crippen LogP contribution in [0.4, 0.5) is 8.78 Å². The van der Waals surface area contributed by atoms with E-state index >= 15 is 0 Å². The lowest BCUT2D eigenvalue weighted by molar-refractivity contribution is -0.00975. The van der Waals surface area contributed by atoms with E-state index < -0.39 is 21.5 Å². The van der Waals surface area contributed by atoms with E-state index in [4.69, 9.17) is 14.2 Å². The first-order chi connectivity index (χ1) is 15.1. The van der Waals surface area contributed by atoms with E-state index in [-0.39, 0.29) is 52.8 Å². The van der Waals surface area contributed by atoms with Gasteiger partial charge in [0.15, 0.2) is 17.4 Å². The van der Waals surface area contributed by atoms with Crippen molar-refractivity contribution in [2.24, 2.45) is 13.0 Å². The molecule has 0 saturated heterocycles.